The summed E-state index contributed by atoms with van der Waals surface area (Å²) in [4.78, 5) is 0. The minimum Gasteiger partial charge on any atom is -0.395 e. The summed E-state index contributed by atoms with van der Waals surface area (Å²) in [5.41, 5.74) is 0. The fourth-order valence-electron chi connectivity index (χ4n) is 0.747. The van der Waals surface area contributed by atoms with Crippen LogP contribution in [0, 0.1) is 0 Å². The fourth-order valence-corrected chi connectivity index (χ4v) is 1.98. The Hall–Kier alpha value is -0.170. The third-order valence-electron chi connectivity index (χ3n) is 1.58. The Kier molecular flexibility index (Phi) is 6.23. The molecule has 0 aromatic rings. The second-order valence-corrected chi connectivity index (χ2v) is 4.33. The number of nitrogens with one attached hydrogen (secondary N) is 2. The largest absolute Gasteiger partial charge is 0.395 e. The highest BCUT2D eigenvalue weighted by Gasteiger charge is 2.13. The lowest BCUT2D eigenvalue weighted by Crippen LogP contribution is -2.44. The van der Waals surface area contributed by atoms with Gasteiger partial charge in [-0.05, 0) is 12.8 Å². The highest BCUT2D eigenvalue weighted by molar-refractivity contribution is 7.87. The van der Waals surface area contributed by atoms with Crippen LogP contribution >= 0.6 is 0 Å². The Morgan fingerprint density at radius 1 is 1.38 bits per heavy atom. The topological polar surface area (TPSA) is 78.4 Å². The molecule has 6 heteroatoms. The molecule has 0 radical (unpaired) electrons. The van der Waals surface area contributed by atoms with Crippen LogP contribution in [0.1, 0.15) is 26.7 Å². The molecule has 80 valence electrons. The van der Waals surface area contributed by atoms with Crippen LogP contribution in [0.15, 0.2) is 0 Å². The monoisotopic (exact) mass is 210 g/mol. The molecule has 0 aromatic carbocycles. The molecule has 0 fully saturated rings. The van der Waals surface area contributed by atoms with Gasteiger partial charge >= 0.3 is 0 Å². The van der Waals surface area contributed by atoms with Crippen molar-refractivity contribution in [1.29, 1.82) is 0 Å². The maximum atomic E-state index is 11.2. The van der Waals surface area contributed by atoms with Crippen LogP contribution in [0.3, 0.4) is 0 Å². The summed E-state index contributed by atoms with van der Waals surface area (Å²) in [7, 11) is -3.43. The lowest BCUT2D eigenvalue weighted by Gasteiger charge is -2.14. The van der Waals surface area contributed by atoms with Crippen molar-refractivity contribution in [2.45, 2.75) is 32.7 Å². The smallest absolute Gasteiger partial charge is 0.277 e. The Balaban J connectivity index is 4.00. The van der Waals surface area contributed by atoms with Crippen molar-refractivity contribution >= 4 is 10.2 Å². The van der Waals surface area contributed by atoms with Crippen LogP contribution in [0.5, 0.6) is 0 Å². The van der Waals surface area contributed by atoms with Crippen LogP contribution in [-0.4, -0.2) is 32.7 Å². The SMILES string of the molecule is CCCNS(=O)(=O)N[C@@H](CC)CO. The number of rotatable bonds is 7. The van der Waals surface area contributed by atoms with Crippen molar-refractivity contribution in [3.8, 4) is 0 Å². The van der Waals surface area contributed by atoms with Gasteiger partial charge in [0.25, 0.3) is 10.2 Å². The standard InChI is InChI=1S/C7H18N2O3S/c1-3-5-8-13(11,12)9-7(4-2)6-10/h7-10H,3-6H2,1-2H3/t7-/m0/s1. The van der Waals surface area contributed by atoms with Crippen molar-refractivity contribution in [1.82, 2.24) is 9.44 Å². The highest BCUT2D eigenvalue weighted by Crippen LogP contribution is 1.91. The second kappa shape index (κ2) is 6.31. The van der Waals surface area contributed by atoms with E-state index in [0.29, 0.717) is 13.0 Å². The van der Waals surface area contributed by atoms with Gasteiger partial charge in [-0.2, -0.15) is 13.1 Å². The Morgan fingerprint density at radius 3 is 2.38 bits per heavy atom. The average Bonchev–Trinajstić information content (AvgIpc) is 2.11. The lowest BCUT2D eigenvalue weighted by molar-refractivity contribution is 0.253. The molecular formula is C7H18N2O3S. The summed E-state index contributed by atoms with van der Waals surface area (Å²) in [6.45, 7) is 3.93. The molecule has 0 spiro atoms. The summed E-state index contributed by atoms with van der Waals surface area (Å²) in [6, 6.07) is -0.394. The van der Waals surface area contributed by atoms with Crippen LogP contribution in [0.25, 0.3) is 0 Å². The second-order valence-electron chi connectivity index (χ2n) is 2.80. The zero-order valence-corrected chi connectivity index (χ0v) is 8.89. The zero-order valence-electron chi connectivity index (χ0n) is 8.08. The third-order valence-corrected chi connectivity index (χ3v) is 2.80. The van der Waals surface area contributed by atoms with E-state index in [1.165, 1.54) is 0 Å². The van der Waals surface area contributed by atoms with Gasteiger partial charge in [0.1, 0.15) is 0 Å². The molecule has 0 aliphatic rings. The molecule has 0 heterocycles. The molecule has 0 saturated carbocycles. The zero-order chi connectivity index (χ0) is 10.3. The van der Waals surface area contributed by atoms with Crippen LogP contribution in [-0.2, 0) is 10.2 Å². The Morgan fingerprint density at radius 2 is 2.00 bits per heavy atom. The molecule has 0 aliphatic heterocycles. The minimum atomic E-state index is -3.43. The van der Waals surface area contributed by atoms with Gasteiger partial charge in [-0.1, -0.05) is 13.8 Å². The van der Waals surface area contributed by atoms with Crippen LogP contribution in [0.4, 0.5) is 0 Å². The molecular weight excluding hydrogens is 192 g/mol. The first kappa shape index (κ1) is 12.8. The van der Waals surface area contributed by atoms with E-state index < -0.39 is 16.3 Å². The van der Waals surface area contributed by atoms with Crippen molar-refractivity contribution in [3.63, 3.8) is 0 Å². The number of hydrogen-bond acceptors (Lipinski definition) is 3. The highest BCUT2D eigenvalue weighted by atomic mass is 32.2. The van der Waals surface area contributed by atoms with E-state index in [4.69, 9.17) is 5.11 Å². The summed E-state index contributed by atoms with van der Waals surface area (Å²) in [6.07, 6.45) is 1.32. The van der Waals surface area contributed by atoms with Crippen LogP contribution < -0.4 is 9.44 Å². The van der Waals surface area contributed by atoms with Crippen molar-refractivity contribution < 1.29 is 13.5 Å². The summed E-state index contributed by atoms with van der Waals surface area (Å²) >= 11 is 0. The lowest BCUT2D eigenvalue weighted by atomic mass is 10.3. The van der Waals surface area contributed by atoms with Gasteiger partial charge in [0, 0.05) is 12.6 Å². The van der Waals surface area contributed by atoms with E-state index in [-0.39, 0.29) is 6.61 Å². The molecule has 5 nitrogen and oxygen atoms in total. The van der Waals surface area contributed by atoms with E-state index in [2.05, 4.69) is 9.44 Å². The Bertz CT molecular complexity index is 212. The molecule has 0 aliphatic carbocycles. The van der Waals surface area contributed by atoms with E-state index in [1.807, 2.05) is 13.8 Å². The molecule has 0 unspecified atom stereocenters. The summed E-state index contributed by atoms with van der Waals surface area (Å²) in [5.74, 6) is 0. The molecule has 1 atom stereocenters. The van der Waals surface area contributed by atoms with E-state index in [1.54, 1.807) is 0 Å². The van der Waals surface area contributed by atoms with Gasteiger partial charge in [0.2, 0.25) is 0 Å². The predicted octanol–water partition coefficient (Wildman–Crippen LogP) is -0.409. The van der Waals surface area contributed by atoms with Gasteiger partial charge in [-0.15, -0.1) is 0 Å². The average molecular weight is 210 g/mol. The van der Waals surface area contributed by atoms with Gasteiger partial charge in [0.05, 0.1) is 6.61 Å². The number of aliphatic hydroxyl groups excluding tert-OH is 1. The molecule has 0 aromatic heterocycles. The predicted molar refractivity (Wildman–Crippen MR) is 51.5 cm³/mol. The summed E-state index contributed by atoms with van der Waals surface area (Å²) in [5, 5.41) is 8.76. The first-order valence-electron chi connectivity index (χ1n) is 4.43. The van der Waals surface area contributed by atoms with Gasteiger partial charge < -0.3 is 5.11 Å². The quantitative estimate of drug-likeness (QED) is 0.534. The maximum absolute atomic E-state index is 11.2. The molecule has 0 amide bonds. The van der Waals surface area contributed by atoms with E-state index >= 15 is 0 Å². The minimum absolute atomic E-state index is 0.177. The van der Waals surface area contributed by atoms with Gasteiger partial charge in [0.15, 0.2) is 0 Å². The summed E-state index contributed by atoms with van der Waals surface area (Å²) < 4.78 is 27.1. The molecule has 13 heavy (non-hydrogen) atoms. The fraction of sp³-hybridized carbons (Fsp3) is 1.00. The third kappa shape index (κ3) is 5.98. The van der Waals surface area contributed by atoms with Crippen molar-refractivity contribution in [2.24, 2.45) is 0 Å². The number of aliphatic hydroxyl groups is 1. The van der Waals surface area contributed by atoms with Crippen molar-refractivity contribution in [2.75, 3.05) is 13.2 Å². The maximum Gasteiger partial charge on any atom is 0.277 e. The first-order valence-corrected chi connectivity index (χ1v) is 5.91. The molecule has 0 saturated heterocycles. The normalized spacial score (nSPS) is 14.4. The Labute approximate surface area is 79.7 Å². The number of hydrogen-bond donors (Lipinski definition) is 3. The molecule has 0 bridgehead atoms. The first-order chi connectivity index (χ1) is 6.05. The molecule has 3 N–H and O–H groups in total. The van der Waals surface area contributed by atoms with Crippen molar-refractivity contribution in [3.05, 3.63) is 0 Å². The molecule has 0 rings (SSSR count). The van der Waals surface area contributed by atoms with Gasteiger partial charge in [-0.25, -0.2) is 4.72 Å². The van der Waals surface area contributed by atoms with E-state index in [9.17, 15) is 8.42 Å². The van der Waals surface area contributed by atoms with Crippen LogP contribution in [0.2, 0.25) is 0 Å². The van der Waals surface area contributed by atoms with E-state index in [0.717, 1.165) is 6.42 Å². The van der Waals surface area contributed by atoms with Gasteiger partial charge in [-0.3, -0.25) is 0 Å².